The predicted octanol–water partition coefficient (Wildman–Crippen LogP) is 3.56. The quantitative estimate of drug-likeness (QED) is 0.183. The van der Waals surface area contributed by atoms with Crippen molar-refractivity contribution in [2.45, 2.75) is 125 Å². The van der Waals surface area contributed by atoms with Gasteiger partial charge in [0, 0.05) is 82.9 Å². The molecule has 0 spiro atoms. The molecule has 1 aromatic carbocycles. The van der Waals surface area contributed by atoms with Gasteiger partial charge < -0.3 is 40.9 Å². The number of nitrogens with two attached hydrogens (primary N) is 1. The smallest absolute Gasteiger partial charge is 0.249 e. The van der Waals surface area contributed by atoms with Gasteiger partial charge in [-0.1, -0.05) is 31.9 Å². The van der Waals surface area contributed by atoms with Gasteiger partial charge in [-0.25, -0.2) is 18.7 Å². The number of piperidine rings is 3. The van der Waals surface area contributed by atoms with Crippen molar-refractivity contribution >= 4 is 46.5 Å². The Hall–Kier alpha value is -5.20. The van der Waals surface area contributed by atoms with Crippen molar-refractivity contribution in [2.24, 2.45) is 5.73 Å². The highest BCUT2D eigenvalue weighted by atomic mass is 19.1. The first kappa shape index (κ1) is 45.4. The molecule has 8 rings (SSSR count). The lowest BCUT2D eigenvalue weighted by molar-refractivity contribution is -0.133. The maximum atomic E-state index is 16.5. The van der Waals surface area contributed by atoms with E-state index < -0.39 is 46.3 Å². The number of likely N-dealkylation sites (tertiary alicyclic amines) is 1. The number of benzene rings is 1. The Balaban J connectivity index is 0.922. The molecule has 6 aliphatic rings. The Morgan fingerprint density at radius 2 is 1.80 bits per heavy atom. The molecule has 2 aliphatic carbocycles. The van der Waals surface area contributed by atoms with Gasteiger partial charge in [0.1, 0.15) is 52.3 Å². The van der Waals surface area contributed by atoms with E-state index in [9.17, 15) is 24.3 Å². The van der Waals surface area contributed by atoms with E-state index in [1.807, 2.05) is 11.8 Å². The van der Waals surface area contributed by atoms with Crippen molar-refractivity contribution in [1.82, 2.24) is 25.5 Å². The summed E-state index contributed by atoms with van der Waals surface area (Å²) in [6.07, 6.45) is 13.5. The molecule has 346 valence electrons. The number of ether oxygens (including phenoxy) is 1. The normalized spacial score (nSPS) is 27.2. The summed E-state index contributed by atoms with van der Waals surface area (Å²) in [4.78, 5) is 69.5. The number of rotatable bonds is 13. The molecular formula is C46H62F2N10O6. The van der Waals surface area contributed by atoms with Gasteiger partial charge in [0.2, 0.25) is 23.6 Å². The van der Waals surface area contributed by atoms with Gasteiger partial charge in [0.05, 0.1) is 19.0 Å². The first-order chi connectivity index (χ1) is 30.7. The molecular weight excluding hydrogens is 827 g/mol. The standard InChI is InChI=1S/C46H62F2N10O6/c1-4-33-42(62)55(2)35-27-50-39(53-40(35)58(33)30-8-5-6-9-30)38-36(64-3)10-7-15-46(38,49)43(63)54-45(20-25-59)18-21-56(22-19-45)28-44(48)16-23-57(24-17-44)34-13-11-29(26-31(34)47)51-32-12-14-37(60)52-41(32)61/h7,10-11,13,15,26-27,30,32-33,38,51,59H,4-6,8-9,12,14,16-25,28,49H2,1-3H3,(H,54,63)(H,52,60,61). The molecule has 0 radical (unpaired) electrons. The fourth-order valence-corrected chi connectivity index (χ4v) is 10.7. The number of fused-ring (bicyclic) bond motifs is 1. The summed E-state index contributed by atoms with van der Waals surface area (Å²) in [5.74, 6) is -1.30. The number of alkyl halides is 1. The van der Waals surface area contributed by atoms with Crippen LogP contribution >= 0.6 is 0 Å². The first-order valence-electron chi connectivity index (χ1n) is 22.8. The minimum Gasteiger partial charge on any atom is -0.500 e. The molecule has 2 aromatic rings. The number of nitrogens with zero attached hydrogens (tertiary/aromatic N) is 6. The molecule has 0 bridgehead atoms. The van der Waals surface area contributed by atoms with Crippen LogP contribution in [0.25, 0.3) is 0 Å². The van der Waals surface area contributed by atoms with Gasteiger partial charge in [0.15, 0.2) is 5.82 Å². The largest absolute Gasteiger partial charge is 0.500 e. The van der Waals surface area contributed by atoms with E-state index in [2.05, 4.69) is 25.8 Å². The lowest BCUT2D eigenvalue weighted by Crippen LogP contribution is -2.65. The van der Waals surface area contributed by atoms with Crippen molar-refractivity contribution < 1.29 is 37.8 Å². The van der Waals surface area contributed by atoms with Crippen LogP contribution in [0.5, 0.6) is 0 Å². The van der Waals surface area contributed by atoms with E-state index in [0.29, 0.717) is 86.3 Å². The number of aliphatic hydroxyl groups excluding tert-OH is 1. The summed E-state index contributed by atoms with van der Waals surface area (Å²) in [5, 5.41) is 18.8. The minimum atomic E-state index is -1.69. The molecule has 4 amide bonds. The van der Waals surface area contributed by atoms with Crippen LogP contribution in [0.1, 0.15) is 95.7 Å². The number of likely N-dealkylation sites (N-methyl/N-ethyl adjacent to an activating group) is 1. The first-order valence-corrected chi connectivity index (χ1v) is 22.8. The van der Waals surface area contributed by atoms with Crippen LogP contribution in [0, 0.1) is 5.82 Å². The number of nitrogens with one attached hydrogen (secondary N) is 3. The summed E-state index contributed by atoms with van der Waals surface area (Å²) >= 11 is 0. The fourth-order valence-electron chi connectivity index (χ4n) is 10.7. The second kappa shape index (κ2) is 18.4. The molecule has 64 heavy (non-hydrogen) atoms. The topological polar surface area (TPSA) is 199 Å². The molecule has 4 aliphatic heterocycles. The number of hydrogen-bond acceptors (Lipinski definition) is 13. The predicted molar refractivity (Wildman–Crippen MR) is 238 cm³/mol. The van der Waals surface area contributed by atoms with Crippen LogP contribution in [-0.2, 0) is 23.9 Å². The summed E-state index contributed by atoms with van der Waals surface area (Å²) in [6, 6.07) is 3.77. The monoisotopic (exact) mass is 888 g/mol. The number of hydrogen-bond donors (Lipinski definition) is 5. The Kier molecular flexibility index (Phi) is 13.0. The molecule has 1 aromatic heterocycles. The molecule has 4 unspecified atom stereocenters. The van der Waals surface area contributed by atoms with Gasteiger partial charge in [-0.15, -0.1) is 0 Å². The van der Waals surface area contributed by atoms with Crippen LogP contribution < -0.4 is 36.4 Å². The van der Waals surface area contributed by atoms with Gasteiger partial charge >= 0.3 is 0 Å². The highest BCUT2D eigenvalue weighted by Crippen LogP contribution is 2.44. The van der Waals surface area contributed by atoms with E-state index in [1.165, 1.54) is 13.2 Å². The molecule has 18 heteroatoms. The molecule has 5 heterocycles. The Bertz CT molecular complexity index is 2170. The van der Waals surface area contributed by atoms with Gasteiger partial charge in [-0.2, -0.15) is 0 Å². The number of carbonyl (C=O) groups is 4. The second-order valence-corrected chi connectivity index (χ2v) is 18.5. The third kappa shape index (κ3) is 8.80. The zero-order valence-electron chi connectivity index (χ0n) is 37.1. The van der Waals surface area contributed by atoms with Crippen LogP contribution in [0.4, 0.5) is 31.7 Å². The number of anilines is 4. The summed E-state index contributed by atoms with van der Waals surface area (Å²) < 4.78 is 37.8. The van der Waals surface area contributed by atoms with Crippen LogP contribution in [-0.4, -0.2) is 132 Å². The number of imide groups is 1. The van der Waals surface area contributed by atoms with Crippen molar-refractivity contribution in [3.8, 4) is 0 Å². The summed E-state index contributed by atoms with van der Waals surface area (Å²) in [5.41, 5.74) is 4.55. The van der Waals surface area contributed by atoms with E-state index in [-0.39, 0.29) is 62.7 Å². The molecule has 6 N–H and O–H groups in total. The lowest BCUT2D eigenvalue weighted by Gasteiger charge is -2.47. The number of carbonyl (C=O) groups excluding carboxylic acids is 4. The average molecular weight is 889 g/mol. The van der Waals surface area contributed by atoms with E-state index in [0.717, 1.165) is 25.7 Å². The van der Waals surface area contributed by atoms with Crippen LogP contribution in [0.2, 0.25) is 0 Å². The van der Waals surface area contributed by atoms with E-state index >= 15 is 8.78 Å². The fraction of sp³-hybridized carbons (Fsp3) is 0.609. The number of methoxy groups -OCH3 is 1. The molecule has 3 saturated heterocycles. The van der Waals surface area contributed by atoms with Gasteiger partial charge in [0.25, 0.3) is 0 Å². The van der Waals surface area contributed by atoms with Gasteiger partial charge in [-0.05, 0) is 69.2 Å². The number of halogens is 2. The van der Waals surface area contributed by atoms with Crippen LogP contribution in [0.15, 0.2) is 48.4 Å². The highest BCUT2D eigenvalue weighted by molar-refractivity contribution is 6.04. The van der Waals surface area contributed by atoms with Crippen molar-refractivity contribution in [3.05, 3.63) is 60.0 Å². The van der Waals surface area contributed by atoms with Crippen molar-refractivity contribution in [1.29, 1.82) is 0 Å². The van der Waals surface area contributed by atoms with E-state index in [4.69, 9.17) is 20.4 Å². The Morgan fingerprint density at radius 1 is 1.06 bits per heavy atom. The van der Waals surface area contributed by atoms with Crippen LogP contribution in [0.3, 0.4) is 0 Å². The number of allylic oxidation sites excluding steroid dienone is 2. The maximum absolute atomic E-state index is 16.5. The minimum absolute atomic E-state index is 0.00450. The highest BCUT2D eigenvalue weighted by Gasteiger charge is 2.51. The van der Waals surface area contributed by atoms with E-state index in [1.54, 1.807) is 48.5 Å². The molecule has 4 atom stereocenters. The Morgan fingerprint density at radius 3 is 2.45 bits per heavy atom. The van der Waals surface area contributed by atoms with Crippen molar-refractivity contribution in [2.75, 3.05) is 73.5 Å². The third-order valence-electron chi connectivity index (χ3n) is 14.5. The Labute approximate surface area is 373 Å². The number of amides is 4. The molecule has 1 saturated carbocycles. The number of aliphatic hydroxyl groups is 1. The molecule has 4 fully saturated rings. The SMILES string of the molecule is CCC1C(=O)N(C)c2cnc(C3C(OC)=CC=CC3(N)C(=O)NC3(CCO)CCN(CC4(F)CCN(c5ccc(NC6CCC(=O)NC6=O)cc5F)CC4)CC3)nc2N1C1CCCC1. The molecule has 16 nitrogen and oxygen atoms in total. The second-order valence-electron chi connectivity index (χ2n) is 18.5. The maximum Gasteiger partial charge on any atom is 0.249 e. The average Bonchev–Trinajstić information content (AvgIpc) is 3.82. The zero-order chi connectivity index (χ0) is 45.4. The summed E-state index contributed by atoms with van der Waals surface area (Å²) in [6.45, 7) is 3.59. The zero-order valence-corrected chi connectivity index (χ0v) is 37.1. The number of aromatic nitrogens is 2. The van der Waals surface area contributed by atoms with Crippen molar-refractivity contribution in [3.63, 3.8) is 0 Å². The lowest BCUT2D eigenvalue weighted by atomic mass is 9.76. The third-order valence-corrected chi connectivity index (χ3v) is 14.5. The van der Waals surface area contributed by atoms with Gasteiger partial charge in [-0.3, -0.25) is 29.4 Å². The summed E-state index contributed by atoms with van der Waals surface area (Å²) in [7, 11) is 3.26.